The highest BCUT2D eigenvalue weighted by molar-refractivity contribution is 5.74. The van der Waals surface area contributed by atoms with Crippen LogP contribution in [0.15, 0.2) is 30.6 Å². The third kappa shape index (κ3) is 1.57. The van der Waals surface area contributed by atoms with Crippen LogP contribution in [0, 0.1) is 0 Å². The van der Waals surface area contributed by atoms with E-state index in [2.05, 4.69) is 9.97 Å². The van der Waals surface area contributed by atoms with Crippen molar-refractivity contribution in [3.05, 3.63) is 36.2 Å². The average molecular weight is 189 g/mol. The van der Waals surface area contributed by atoms with E-state index in [1.807, 2.05) is 18.2 Å². The van der Waals surface area contributed by atoms with Crippen molar-refractivity contribution >= 4 is 11.0 Å². The summed E-state index contributed by atoms with van der Waals surface area (Å²) in [6, 6.07) is 5.22. The Bertz CT molecular complexity index is 444. The van der Waals surface area contributed by atoms with Crippen LogP contribution in [0.3, 0.4) is 0 Å². The molecule has 0 saturated carbocycles. The van der Waals surface area contributed by atoms with Crippen molar-refractivity contribution in [1.29, 1.82) is 0 Å². The van der Waals surface area contributed by atoms with Crippen molar-refractivity contribution in [1.82, 2.24) is 9.97 Å². The van der Waals surface area contributed by atoms with Gasteiger partial charge in [-0.1, -0.05) is 6.07 Å². The van der Waals surface area contributed by atoms with Crippen LogP contribution in [-0.4, -0.2) is 21.7 Å². The highest BCUT2D eigenvalue weighted by Crippen LogP contribution is 2.15. The first-order chi connectivity index (χ1) is 6.81. The molecule has 2 aromatic rings. The standard InChI is InChI=1S/C10H11N3O/c11-8(6-14)7-1-2-9-10(5-7)13-4-3-12-9/h1-5,8,14H,6,11H2/t8-/m0/s1. The molecule has 4 nitrogen and oxygen atoms in total. The predicted octanol–water partition coefficient (Wildman–Crippen LogP) is 0.622. The van der Waals surface area contributed by atoms with Crippen LogP contribution in [0.2, 0.25) is 0 Å². The first kappa shape index (κ1) is 9.05. The van der Waals surface area contributed by atoms with E-state index < -0.39 is 0 Å². The number of nitrogens with two attached hydrogens (primary N) is 1. The molecule has 1 heterocycles. The molecule has 0 amide bonds. The van der Waals surface area contributed by atoms with E-state index in [0.717, 1.165) is 16.6 Å². The Labute approximate surface area is 81.4 Å². The number of hydrogen-bond donors (Lipinski definition) is 2. The third-order valence-electron chi connectivity index (χ3n) is 2.12. The molecule has 0 radical (unpaired) electrons. The minimum absolute atomic E-state index is 0.0637. The number of aromatic nitrogens is 2. The van der Waals surface area contributed by atoms with Crippen molar-refractivity contribution in [3.63, 3.8) is 0 Å². The number of aliphatic hydroxyl groups excluding tert-OH is 1. The normalized spacial score (nSPS) is 13.0. The molecule has 0 spiro atoms. The van der Waals surface area contributed by atoms with E-state index in [9.17, 15) is 0 Å². The number of nitrogens with zero attached hydrogens (tertiary/aromatic N) is 2. The van der Waals surface area contributed by atoms with Gasteiger partial charge in [0.05, 0.1) is 23.7 Å². The lowest BCUT2D eigenvalue weighted by Crippen LogP contribution is -2.14. The minimum atomic E-state index is -0.346. The second-order valence-corrected chi connectivity index (χ2v) is 3.09. The lowest BCUT2D eigenvalue weighted by molar-refractivity contribution is 0.268. The summed E-state index contributed by atoms with van der Waals surface area (Å²) in [4.78, 5) is 8.30. The van der Waals surface area contributed by atoms with Crippen molar-refractivity contribution in [3.8, 4) is 0 Å². The molecule has 14 heavy (non-hydrogen) atoms. The molecule has 3 N–H and O–H groups in total. The van der Waals surface area contributed by atoms with Crippen LogP contribution >= 0.6 is 0 Å². The number of rotatable bonds is 2. The van der Waals surface area contributed by atoms with Crippen LogP contribution in [0.1, 0.15) is 11.6 Å². The van der Waals surface area contributed by atoms with Gasteiger partial charge in [-0.05, 0) is 17.7 Å². The van der Waals surface area contributed by atoms with E-state index in [-0.39, 0.29) is 12.6 Å². The summed E-state index contributed by atoms with van der Waals surface area (Å²) in [6.45, 7) is -0.0637. The SMILES string of the molecule is N[C@@H](CO)c1ccc2nccnc2c1. The van der Waals surface area contributed by atoms with Crippen molar-refractivity contribution in [2.24, 2.45) is 5.73 Å². The van der Waals surface area contributed by atoms with Gasteiger partial charge in [0.1, 0.15) is 0 Å². The van der Waals surface area contributed by atoms with E-state index >= 15 is 0 Å². The summed E-state index contributed by atoms with van der Waals surface area (Å²) >= 11 is 0. The Balaban J connectivity index is 2.51. The van der Waals surface area contributed by atoms with Gasteiger partial charge in [-0.15, -0.1) is 0 Å². The van der Waals surface area contributed by atoms with Gasteiger partial charge < -0.3 is 10.8 Å². The minimum Gasteiger partial charge on any atom is -0.394 e. The molecule has 0 bridgehead atoms. The monoisotopic (exact) mass is 189 g/mol. The molecule has 72 valence electrons. The van der Waals surface area contributed by atoms with Gasteiger partial charge in [0, 0.05) is 12.4 Å². The highest BCUT2D eigenvalue weighted by Gasteiger charge is 2.05. The molecule has 0 saturated heterocycles. The van der Waals surface area contributed by atoms with Crippen molar-refractivity contribution < 1.29 is 5.11 Å². The zero-order valence-electron chi connectivity index (χ0n) is 7.59. The van der Waals surface area contributed by atoms with Gasteiger partial charge in [0.2, 0.25) is 0 Å². The molecular weight excluding hydrogens is 178 g/mol. The number of fused-ring (bicyclic) bond motifs is 1. The summed E-state index contributed by atoms with van der Waals surface area (Å²) in [5, 5.41) is 8.90. The lowest BCUT2D eigenvalue weighted by Gasteiger charge is -2.08. The molecule has 4 heteroatoms. The van der Waals surface area contributed by atoms with Gasteiger partial charge in [0.15, 0.2) is 0 Å². The van der Waals surface area contributed by atoms with E-state index in [1.165, 1.54) is 0 Å². The topological polar surface area (TPSA) is 72.0 Å². The first-order valence-electron chi connectivity index (χ1n) is 4.38. The summed E-state index contributed by atoms with van der Waals surface area (Å²) in [7, 11) is 0. The van der Waals surface area contributed by atoms with Crippen molar-refractivity contribution in [2.45, 2.75) is 6.04 Å². The van der Waals surface area contributed by atoms with Crippen molar-refractivity contribution in [2.75, 3.05) is 6.61 Å². The maximum Gasteiger partial charge on any atom is 0.0890 e. The quantitative estimate of drug-likeness (QED) is 0.726. The Morgan fingerprint density at radius 1 is 1.21 bits per heavy atom. The lowest BCUT2D eigenvalue weighted by atomic mass is 10.1. The van der Waals surface area contributed by atoms with E-state index in [4.69, 9.17) is 10.8 Å². The van der Waals surface area contributed by atoms with Gasteiger partial charge >= 0.3 is 0 Å². The highest BCUT2D eigenvalue weighted by atomic mass is 16.3. The molecule has 1 aromatic carbocycles. The summed E-state index contributed by atoms with van der Waals surface area (Å²) in [6.07, 6.45) is 3.28. The zero-order chi connectivity index (χ0) is 9.97. The predicted molar refractivity (Wildman–Crippen MR) is 53.6 cm³/mol. The summed E-state index contributed by atoms with van der Waals surface area (Å²) < 4.78 is 0. The molecule has 0 unspecified atom stereocenters. The Hall–Kier alpha value is -1.52. The van der Waals surface area contributed by atoms with Gasteiger partial charge in [-0.3, -0.25) is 9.97 Å². The molecule has 0 aliphatic carbocycles. The fourth-order valence-electron chi connectivity index (χ4n) is 1.32. The molecule has 1 aromatic heterocycles. The van der Waals surface area contributed by atoms with Crippen LogP contribution < -0.4 is 5.73 Å². The largest absolute Gasteiger partial charge is 0.394 e. The van der Waals surface area contributed by atoms with Crippen LogP contribution in [0.25, 0.3) is 11.0 Å². The maximum absolute atomic E-state index is 8.90. The van der Waals surface area contributed by atoms with Gasteiger partial charge in [-0.25, -0.2) is 0 Å². The van der Waals surface area contributed by atoms with Gasteiger partial charge in [-0.2, -0.15) is 0 Å². The fourth-order valence-corrected chi connectivity index (χ4v) is 1.32. The zero-order valence-corrected chi connectivity index (χ0v) is 7.59. The maximum atomic E-state index is 8.90. The van der Waals surface area contributed by atoms with Crippen LogP contribution in [0.5, 0.6) is 0 Å². The summed E-state index contributed by atoms with van der Waals surface area (Å²) in [5.74, 6) is 0. The first-order valence-corrected chi connectivity index (χ1v) is 4.38. The smallest absolute Gasteiger partial charge is 0.0890 e. The number of benzene rings is 1. The molecule has 1 atom stereocenters. The molecular formula is C10H11N3O. The molecule has 2 rings (SSSR count). The molecule has 0 aliphatic heterocycles. The number of aliphatic hydroxyl groups is 1. The second kappa shape index (κ2) is 3.69. The van der Waals surface area contributed by atoms with E-state index in [0.29, 0.717) is 0 Å². The molecule has 0 fully saturated rings. The Morgan fingerprint density at radius 2 is 1.93 bits per heavy atom. The number of hydrogen-bond acceptors (Lipinski definition) is 4. The van der Waals surface area contributed by atoms with Crippen LogP contribution in [0.4, 0.5) is 0 Å². The fraction of sp³-hybridized carbons (Fsp3) is 0.200. The summed E-state index contributed by atoms with van der Waals surface area (Å²) in [5.41, 5.74) is 8.20. The van der Waals surface area contributed by atoms with Gasteiger partial charge in [0.25, 0.3) is 0 Å². The molecule has 0 aliphatic rings. The Morgan fingerprint density at radius 3 is 2.64 bits per heavy atom. The Kier molecular flexibility index (Phi) is 2.39. The third-order valence-corrected chi connectivity index (χ3v) is 2.12. The average Bonchev–Trinajstić information content (AvgIpc) is 2.27. The van der Waals surface area contributed by atoms with Crippen LogP contribution in [-0.2, 0) is 0 Å². The second-order valence-electron chi connectivity index (χ2n) is 3.09. The van der Waals surface area contributed by atoms with E-state index in [1.54, 1.807) is 12.4 Å².